The van der Waals surface area contributed by atoms with Gasteiger partial charge in [0, 0.05) is 10.4 Å². The van der Waals surface area contributed by atoms with Crippen molar-refractivity contribution >= 4 is 33.5 Å². The van der Waals surface area contributed by atoms with Gasteiger partial charge in [-0.15, -0.1) is 11.3 Å². The molecule has 9 heteroatoms. The van der Waals surface area contributed by atoms with E-state index in [-0.39, 0.29) is 10.8 Å². The maximum atomic E-state index is 12.3. The molecule has 29 heavy (non-hydrogen) atoms. The Morgan fingerprint density at radius 1 is 1.14 bits per heavy atom. The average molecular weight is 430 g/mol. The number of sulfonamides is 1. The van der Waals surface area contributed by atoms with Crippen LogP contribution in [0.25, 0.3) is 11.3 Å². The number of hydrogen-bond acceptors (Lipinski definition) is 6. The highest BCUT2D eigenvalue weighted by atomic mass is 32.2. The van der Waals surface area contributed by atoms with E-state index in [1.54, 1.807) is 24.3 Å². The van der Waals surface area contributed by atoms with Gasteiger partial charge in [-0.3, -0.25) is 4.79 Å². The number of carbonyl (C=O) groups is 1. The fraction of sp³-hybridized carbons (Fsp3) is 0.200. The van der Waals surface area contributed by atoms with E-state index in [2.05, 4.69) is 10.5 Å². The zero-order valence-electron chi connectivity index (χ0n) is 15.4. The highest BCUT2D eigenvalue weighted by molar-refractivity contribution is 7.89. The van der Waals surface area contributed by atoms with Crippen molar-refractivity contribution in [1.82, 2.24) is 5.43 Å². The number of furan rings is 1. The van der Waals surface area contributed by atoms with E-state index < -0.39 is 10.0 Å². The second-order valence-corrected chi connectivity index (χ2v) is 9.43. The number of hydrazone groups is 1. The SMILES string of the molecule is NS(=O)(=O)c1ccc(-c2ccc(/C=N\NC(=O)c3cc4c(s3)CCCC4)o2)cc1. The molecular formula is C20H19N3O4S2. The highest BCUT2D eigenvalue weighted by Gasteiger charge is 2.17. The van der Waals surface area contributed by atoms with Gasteiger partial charge < -0.3 is 4.42 Å². The van der Waals surface area contributed by atoms with Gasteiger partial charge in [-0.2, -0.15) is 5.10 Å². The third-order valence-corrected chi connectivity index (χ3v) is 6.84. The van der Waals surface area contributed by atoms with Crippen LogP contribution >= 0.6 is 11.3 Å². The lowest BCUT2D eigenvalue weighted by Crippen LogP contribution is -2.16. The molecule has 0 radical (unpaired) electrons. The quantitative estimate of drug-likeness (QED) is 0.478. The van der Waals surface area contributed by atoms with Gasteiger partial charge in [0.1, 0.15) is 11.5 Å². The molecule has 2 aromatic heterocycles. The second kappa shape index (κ2) is 7.94. The summed E-state index contributed by atoms with van der Waals surface area (Å²) >= 11 is 1.53. The van der Waals surface area contributed by atoms with Crippen LogP contribution in [-0.4, -0.2) is 20.5 Å². The van der Waals surface area contributed by atoms with Crippen molar-refractivity contribution in [2.45, 2.75) is 30.6 Å². The van der Waals surface area contributed by atoms with Crippen molar-refractivity contribution in [2.75, 3.05) is 0 Å². The summed E-state index contributed by atoms with van der Waals surface area (Å²) in [5, 5.41) is 9.07. The van der Waals surface area contributed by atoms with Crippen LogP contribution < -0.4 is 10.6 Å². The lowest BCUT2D eigenvalue weighted by atomic mass is 9.99. The number of nitrogens with one attached hydrogen (secondary N) is 1. The largest absolute Gasteiger partial charge is 0.455 e. The molecule has 0 spiro atoms. The minimum absolute atomic E-state index is 0.0348. The van der Waals surface area contributed by atoms with Gasteiger partial charge in [0.15, 0.2) is 0 Å². The smallest absolute Gasteiger partial charge is 0.281 e. The molecule has 2 heterocycles. The van der Waals surface area contributed by atoms with Crippen molar-refractivity contribution in [3.05, 3.63) is 63.5 Å². The van der Waals surface area contributed by atoms with Crippen LogP contribution in [-0.2, 0) is 22.9 Å². The molecule has 1 aliphatic rings. The predicted molar refractivity (Wildman–Crippen MR) is 112 cm³/mol. The number of amides is 1. The van der Waals surface area contributed by atoms with Crippen molar-refractivity contribution in [3.63, 3.8) is 0 Å². The summed E-state index contributed by atoms with van der Waals surface area (Å²) in [5.74, 6) is 0.775. The van der Waals surface area contributed by atoms with E-state index in [4.69, 9.17) is 9.56 Å². The van der Waals surface area contributed by atoms with E-state index in [1.807, 2.05) is 6.07 Å². The fourth-order valence-corrected chi connectivity index (χ4v) is 4.86. The Morgan fingerprint density at radius 2 is 1.90 bits per heavy atom. The molecule has 150 valence electrons. The van der Waals surface area contributed by atoms with Crippen LogP contribution in [0.3, 0.4) is 0 Å². The minimum Gasteiger partial charge on any atom is -0.455 e. The van der Waals surface area contributed by atoms with Gasteiger partial charge in [0.25, 0.3) is 5.91 Å². The molecule has 3 aromatic rings. The first-order chi connectivity index (χ1) is 13.9. The maximum Gasteiger partial charge on any atom is 0.281 e. The Morgan fingerprint density at radius 3 is 2.62 bits per heavy atom. The highest BCUT2D eigenvalue weighted by Crippen LogP contribution is 2.29. The average Bonchev–Trinajstić information content (AvgIpc) is 3.34. The Balaban J connectivity index is 1.40. The lowest BCUT2D eigenvalue weighted by Gasteiger charge is -2.08. The minimum atomic E-state index is -3.73. The van der Waals surface area contributed by atoms with Crippen LogP contribution in [0.1, 0.15) is 38.7 Å². The van der Waals surface area contributed by atoms with Crippen LogP contribution in [0.5, 0.6) is 0 Å². The number of primary sulfonamides is 1. The normalized spacial score (nSPS) is 14.1. The number of hydrogen-bond donors (Lipinski definition) is 2. The van der Waals surface area contributed by atoms with Gasteiger partial charge in [0.2, 0.25) is 10.0 Å². The van der Waals surface area contributed by atoms with Crippen molar-refractivity contribution in [1.29, 1.82) is 0 Å². The first kappa shape index (κ1) is 19.6. The molecule has 0 saturated heterocycles. The molecule has 0 bridgehead atoms. The van der Waals surface area contributed by atoms with Crippen molar-refractivity contribution in [3.8, 4) is 11.3 Å². The van der Waals surface area contributed by atoms with E-state index in [9.17, 15) is 13.2 Å². The van der Waals surface area contributed by atoms with Crippen LogP contribution in [0, 0.1) is 0 Å². The zero-order chi connectivity index (χ0) is 20.4. The number of carbonyl (C=O) groups excluding carboxylic acids is 1. The fourth-order valence-electron chi connectivity index (χ4n) is 3.20. The molecule has 7 nitrogen and oxygen atoms in total. The third kappa shape index (κ3) is 4.47. The molecule has 1 amide bonds. The first-order valence-electron chi connectivity index (χ1n) is 9.08. The summed E-state index contributed by atoms with van der Waals surface area (Å²) in [6, 6.07) is 11.5. The maximum absolute atomic E-state index is 12.3. The standard InChI is InChI=1S/C20H19N3O4S2/c21-29(25,26)16-8-5-13(6-9-16)17-10-7-15(27-17)12-22-23-20(24)19-11-14-3-1-2-4-18(14)28-19/h5-12H,1-4H2,(H,23,24)(H2,21,25,26)/b22-12-. The van der Waals surface area contributed by atoms with Gasteiger partial charge in [-0.1, -0.05) is 0 Å². The zero-order valence-corrected chi connectivity index (χ0v) is 17.1. The number of aryl methyl sites for hydroxylation is 2. The number of thiophene rings is 1. The molecular weight excluding hydrogens is 410 g/mol. The Hall–Kier alpha value is -2.75. The topological polar surface area (TPSA) is 115 Å². The monoisotopic (exact) mass is 429 g/mol. The lowest BCUT2D eigenvalue weighted by molar-refractivity contribution is 0.0959. The number of nitrogens with zero attached hydrogens (tertiary/aromatic N) is 1. The Kier molecular flexibility index (Phi) is 5.35. The summed E-state index contributed by atoms with van der Waals surface area (Å²) in [6.45, 7) is 0. The van der Waals surface area contributed by atoms with Gasteiger partial charge >= 0.3 is 0 Å². The molecule has 3 N–H and O–H groups in total. The van der Waals surface area contributed by atoms with Gasteiger partial charge in [0.05, 0.1) is 16.0 Å². The molecule has 0 aliphatic heterocycles. The third-order valence-electron chi connectivity index (χ3n) is 4.67. The molecule has 0 unspecified atom stereocenters. The molecule has 0 fully saturated rings. The summed E-state index contributed by atoms with van der Waals surface area (Å²) in [4.78, 5) is 14.3. The van der Waals surface area contributed by atoms with Gasteiger partial charge in [-0.25, -0.2) is 19.0 Å². The second-order valence-electron chi connectivity index (χ2n) is 6.74. The van der Waals surface area contributed by atoms with Gasteiger partial charge in [-0.05, 0) is 73.7 Å². The Labute approximate surface area is 172 Å². The van der Waals surface area contributed by atoms with Crippen molar-refractivity contribution < 1.29 is 17.6 Å². The van der Waals surface area contributed by atoms with E-state index in [1.165, 1.54) is 53.0 Å². The molecule has 1 aliphatic carbocycles. The number of rotatable bonds is 5. The number of fused-ring (bicyclic) bond motifs is 1. The van der Waals surface area contributed by atoms with Crippen LogP contribution in [0.2, 0.25) is 0 Å². The Bertz CT molecular complexity index is 1150. The van der Waals surface area contributed by atoms with E-state index in [0.717, 1.165) is 12.8 Å². The van der Waals surface area contributed by atoms with E-state index >= 15 is 0 Å². The molecule has 1 aromatic carbocycles. The van der Waals surface area contributed by atoms with Crippen LogP contribution in [0.4, 0.5) is 0 Å². The predicted octanol–water partition coefficient (Wildman–Crippen LogP) is 3.30. The number of benzene rings is 1. The molecule has 0 saturated carbocycles. The van der Waals surface area contributed by atoms with E-state index in [0.29, 0.717) is 22.0 Å². The van der Waals surface area contributed by atoms with Crippen LogP contribution in [0.15, 0.2) is 56.9 Å². The molecule has 0 atom stereocenters. The summed E-state index contributed by atoms with van der Waals surface area (Å²) < 4.78 is 28.3. The summed E-state index contributed by atoms with van der Waals surface area (Å²) in [7, 11) is -3.73. The van der Waals surface area contributed by atoms with Crippen molar-refractivity contribution in [2.24, 2.45) is 10.2 Å². The molecule has 4 rings (SSSR count). The number of nitrogens with two attached hydrogens (primary N) is 1. The summed E-state index contributed by atoms with van der Waals surface area (Å²) in [5.41, 5.74) is 4.51. The summed E-state index contributed by atoms with van der Waals surface area (Å²) in [6.07, 6.45) is 5.86. The first-order valence-corrected chi connectivity index (χ1v) is 11.4.